The summed E-state index contributed by atoms with van der Waals surface area (Å²) in [6.45, 7) is -0.326. The highest BCUT2D eigenvalue weighted by Crippen LogP contribution is 2.52. The molecule has 0 bridgehead atoms. The standard InChI is InChI=1S/C66H46B2N4OS/c1-7-23-45(24-8-1)69(46-25-9-2-10-26-46)51-39-55-53-35-19-21-37-63(53)73-67-57-43-58-60(44-59(57)71(61(41-51)65(55)67)49-31-15-5-16-32-49)72(50-33-17-6-18-34-50)62-42-52(40-56-54-36-20-22-38-64(54)74-68(58)66(56)62)70(47-27-11-3-12-28-47)48-29-13-4-14-30-48/h1-44,53,63H. The van der Waals surface area contributed by atoms with Crippen LogP contribution in [0.3, 0.4) is 0 Å². The first-order valence-corrected chi connectivity index (χ1v) is 26.4. The molecule has 8 heteroatoms. The van der Waals surface area contributed by atoms with E-state index in [2.05, 4.69) is 287 Å². The van der Waals surface area contributed by atoms with Gasteiger partial charge in [0.25, 0.3) is 5.99 Å². The van der Waals surface area contributed by atoms with Crippen molar-refractivity contribution in [1.29, 1.82) is 0 Å². The fraction of sp³-hybridized carbons (Fsp3) is 0.0303. The van der Waals surface area contributed by atoms with E-state index in [4.69, 9.17) is 4.65 Å². The molecule has 4 heterocycles. The monoisotopic (exact) mass is 964 g/mol. The van der Waals surface area contributed by atoms with Crippen molar-refractivity contribution in [1.82, 2.24) is 0 Å². The molecule has 0 N–H and O–H groups in total. The third-order valence-electron chi connectivity index (χ3n) is 15.3. The lowest BCUT2D eigenvalue weighted by molar-refractivity contribution is 0.234. The van der Waals surface area contributed by atoms with E-state index in [0.717, 1.165) is 62.6 Å². The molecule has 2 unspecified atom stereocenters. The Morgan fingerprint density at radius 2 is 0.865 bits per heavy atom. The summed E-state index contributed by atoms with van der Waals surface area (Å²) in [4.78, 5) is 11.1. The Bertz CT molecular complexity index is 3770. The maximum absolute atomic E-state index is 7.54. The van der Waals surface area contributed by atoms with E-state index in [1.807, 2.05) is 11.6 Å². The first-order valence-electron chi connectivity index (χ1n) is 25.5. The Balaban J connectivity index is 1.01. The van der Waals surface area contributed by atoms with Crippen LogP contribution in [0.25, 0.3) is 11.1 Å². The van der Waals surface area contributed by atoms with Gasteiger partial charge in [0.05, 0.1) is 6.10 Å². The molecule has 2 atom stereocenters. The van der Waals surface area contributed by atoms with Gasteiger partial charge in [-0.1, -0.05) is 158 Å². The van der Waals surface area contributed by atoms with Crippen molar-refractivity contribution in [3.8, 4) is 11.1 Å². The second-order valence-electron chi connectivity index (χ2n) is 19.5. The summed E-state index contributed by atoms with van der Waals surface area (Å²) in [5.41, 5.74) is 22.1. The van der Waals surface area contributed by atoms with E-state index >= 15 is 0 Å². The Labute approximate surface area is 437 Å². The Morgan fingerprint density at radius 1 is 0.392 bits per heavy atom. The van der Waals surface area contributed by atoms with Gasteiger partial charge in [-0.2, -0.15) is 11.6 Å². The highest BCUT2D eigenvalue weighted by molar-refractivity contribution is 8.28. The number of allylic oxidation sites excluding steroid dienone is 2. The second kappa shape index (κ2) is 17.5. The van der Waals surface area contributed by atoms with Crippen molar-refractivity contribution in [3.63, 3.8) is 0 Å². The Kier molecular flexibility index (Phi) is 10.2. The quantitative estimate of drug-likeness (QED) is 0.141. The number of hydrogen-bond donors (Lipinski definition) is 0. The molecule has 10 aromatic carbocycles. The van der Waals surface area contributed by atoms with Gasteiger partial charge in [0, 0.05) is 79.1 Å². The van der Waals surface area contributed by atoms with Gasteiger partial charge in [-0.15, -0.1) is 0 Å². The van der Waals surface area contributed by atoms with Crippen LogP contribution in [0.1, 0.15) is 11.5 Å². The average molecular weight is 965 g/mol. The van der Waals surface area contributed by atoms with Crippen LogP contribution in [0.4, 0.5) is 68.2 Å². The smallest absolute Gasteiger partial charge is 0.366 e. The first-order chi connectivity index (χ1) is 36.7. The van der Waals surface area contributed by atoms with Crippen molar-refractivity contribution in [2.45, 2.75) is 16.9 Å². The van der Waals surface area contributed by atoms with Crippen LogP contribution in [-0.2, 0) is 4.65 Å². The summed E-state index contributed by atoms with van der Waals surface area (Å²) < 4.78 is 7.54. The summed E-state index contributed by atoms with van der Waals surface area (Å²) in [7, 11) is 0. The number of anilines is 12. The summed E-state index contributed by atoms with van der Waals surface area (Å²) in [5, 5.41) is 0. The minimum Gasteiger partial charge on any atom is -0.419 e. The summed E-state index contributed by atoms with van der Waals surface area (Å²) in [6, 6.07) is 88.7. The molecular formula is C66H46B2N4OS. The van der Waals surface area contributed by atoms with Crippen LogP contribution in [0.5, 0.6) is 0 Å². The number of para-hydroxylation sites is 6. The molecule has 74 heavy (non-hydrogen) atoms. The Morgan fingerprint density at radius 3 is 1.43 bits per heavy atom. The molecule has 0 aromatic heterocycles. The molecule has 0 saturated carbocycles. The maximum Gasteiger partial charge on any atom is 0.366 e. The average Bonchev–Trinajstić information content (AvgIpc) is 3.54. The fourth-order valence-electron chi connectivity index (χ4n) is 12.2. The molecule has 0 spiro atoms. The predicted octanol–water partition coefficient (Wildman–Crippen LogP) is 14.8. The molecule has 1 aliphatic carbocycles. The normalized spacial score (nSPS) is 16.1. The lowest BCUT2D eigenvalue weighted by Crippen LogP contribution is -2.60. The third-order valence-corrected chi connectivity index (χ3v) is 16.6. The van der Waals surface area contributed by atoms with Gasteiger partial charge in [0.2, 0.25) is 0 Å². The third kappa shape index (κ3) is 6.86. The molecule has 0 radical (unpaired) electrons. The van der Waals surface area contributed by atoms with Gasteiger partial charge in [-0.3, -0.25) is 0 Å². The van der Waals surface area contributed by atoms with Crippen LogP contribution in [-0.4, -0.2) is 19.0 Å². The van der Waals surface area contributed by atoms with Gasteiger partial charge in [-0.25, -0.2) is 0 Å². The van der Waals surface area contributed by atoms with E-state index in [1.54, 1.807) is 0 Å². The van der Waals surface area contributed by atoms with Crippen molar-refractivity contribution in [2.75, 3.05) is 19.6 Å². The number of benzene rings is 10. The van der Waals surface area contributed by atoms with E-state index < -0.39 is 0 Å². The highest BCUT2D eigenvalue weighted by Gasteiger charge is 2.48. The number of nitrogens with zero attached hydrogens (tertiary/aromatic N) is 4. The molecule has 15 rings (SSSR count). The number of hydrogen-bond acceptors (Lipinski definition) is 6. The minimum absolute atomic E-state index is 0.00122. The molecule has 0 fully saturated rings. The maximum atomic E-state index is 7.54. The van der Waals surface area contributed by atoms with Crippen LogP contribution in [0.15, 0.2) is 272 Å². The van der Waals surface area contributed by atoms with Crippen molar-refractivity contribution >= 4 is 115 Å². The SMILES string of the molecule is C1=CC2OB3c4cc5c(cc4N(c4ccccc4)c4cc(N(c6ccccc6)c6ccccc6)cc(c43)C2C=C1)N(c1ccccc1)c1cc(N(c2ccccc2)c2ccccc2)cc2c1B5Sc1ccccc1-2. The van der Waals surface area contributed by atoms with Gasteiger partial charge in [0.15, 0.2) is 0 Å². The van der Waals surface area contributed by atoms with Crippen molar-refractivity contribution < 1.29 is 4.65 Å². The van der Waals surface area contributed by atoms with E-state index in [0.29, 0.717) is 0 Å². The van der Waals surface area contributed by atoms with E-state index in [1.165, 1.54) is 49.1 Å². The molecule has 5 aliphatic rings. The summed E-state index contributed by atoms with van der Waals surface area (Å²) in [5.74, 6) is 0.0303. The predicted molar refractivity (Wildman–Crippen MR) is 312 cm³/mol. The fourth-order valence-corrected chi connectivity index (χ4v) is 13.6. The van der Waals surface area contributed by atoms with Gasteiger partial charge >= 0.3 is 6.92 Å². The topological polar surface area (TPSA) is 22.2 Å². The summed E-state index contributed by atoms with van der Waals surface area (Å²) in [6.07, 6.45) is 8.79. The first kappa shape index (κ1) is 43.0. The highest BCUT2D eigenvalue weighted by atomic mass is 32.2. The summed E-state index contributed by atoms with van der Waals surface area (Å²) >= 11 is 1.97. The van der Waals surface area contributed by atoms with Gasteiger partial charge < -0.3 is 24.3 Å². The van der Waals surface area contributed by atoms with E-state index in [-0.39, 0.29) is 24.9 Å². The van der Waals surface area contributed by atoms with Crippen molar-refractivity contribution in [3.05, 3.63) is 273 Å². The lowest BCUT2D eigenvalue weighted by atomic mass is 9.46. The number of fused-ring (bicyclic) bond motifs is 8. The zero-order chi connectivity index (χ0) is 48.7. The van der Waals surface area contributed by atoms with Crippen LogP contribution >= 0.6 is 11.6 Å². The van der Waals surface area contributed by atoms with Gasteiger partial charge in [-0.05, 0) is 148 Å². The molecule has 0 saturated heterocycles. The van der Waals surface area contributed by atoms with Crippen LogP contribution in [0.2, 0.25) is 0 Å². The Hall–Kier alpha value is -8.68. The molecular weight excluding hydrogens is 918 g/mol. The van der Waals surface area contributed by atoms with Gasteiger partial charge in [0.1, 0.15) is 0 Å². The largest absolute Gasteiger partial charge is 0.419 e. The molecule has 5 nitrogen and oxygen atoms in total. The number of rotatable bonds is 8. The van der Waals surface area contributed by atoms with Crippen molar-refractivity contribution in [2.24, 2.45) is 0 Å². The zero-order valence-corrected chi connectivity index (χ0v) is 41.1. The molecule has 0 amide bonds. The molecule has 10 aromatic rings. The zero-order valence-electron chi connectivity index (χ0n) is 40.3. The van der Waals surface area contributed by atoms with E-state index in [9.17, 15) is 0 Å². The van der Waals surface area contributed by atoms with Crippen LogP contribution < -0.4 is 41.5 Å². The second-order valence-corrected chi connectivity index (χ2v) is 20.6. The van der Waals surface area contributed by atoms with Crippen LogP contribution in [0, 0.1) is 0 Å². The molecule has 348 valence electrons. The molecule has 4 aliphatic heterocycles. The minimum atomic E-state index is -0.326. The lowest BCUT2D eigenvalue weighted by Gasteiger charge is -2.46.